The molecule has 58 valence electrons. The molecule has 1 heterocycles. The number of carbonyl (C=O) groups is 1. The highest BCUT2D eigenvalue weighted by molar-refractivity contribution is 6.29. The van der Waals surface area contributed by atoms with Crippen LogP contribution in [-0.2, 0) is 4.29 Å². The first-order chi connectivity index (χ1) is 5.24. The van der Waals surface area contributed by atoms with Crippen molar-refractivity contribution in [3.05, 3.63) is 29.0 Å². The maximum Gasteiger partial charge on any atom is 0.375 e. The third kappa shape index (κ3) is 2.06. The monoisotopic (exact) mass is 191 g/mol. The van der Waals surface area contributed by atoms with Crippen LogP contribution in [0.4, 0.5) is 0 Å². The highest BCUT2D eigenvalue weighted by Gasteiger charge is 2.07. The molecule has 0 saturated carbocycles. The maximum atomic E-state index is 10.7. The lowest BCUT2D eigenvalue weighted by Gasteiger charge is -1.94. The summed E-state index contributed by atoms with van der Waals surface area (Å²) in [7, 11) is 0. The van der Waals surface area contributed by atoms with Gasteiger partial charge in [0.2, 0.25) is 0 Å². The van der Waals surface area contributed by atoms with Crippen molar-refractivity contribution in [3.8, 4) is 0 Å². The molecule has 5 heteroatoms. The summed E-state index contributed by atoms with van der Waals surface area (Å²) in [5, 5.41) is 0.226. The Hall–Kier alpha value is -0.800. The number of halogens is 2. The standard InChI is InChI=1S/C6H3Cl2NO2/c7-5-3-1-2-4(9-5)6(10)11-8/h1-3H. The van der Waals surface area contributed by atoms with Crippen molar-refractivity contribution in [2.24, 2.45) is 0 Å². The number of carbonyl (C=O) groups excluding carboxylic acids is 1. The first-order valence-corrected chi connectivity index (χ1v) is 3.38. The lowest BCUT2D eigenvalue weighted by Crippen LogP contribution is -2.00. The number of hydrogen-bond acceptors (Lipinski definition) is 3. The zero-order valence-corrected chi connectivity index (χ0v) is 6.76. The van der Waals surface area contributed by atoms with Crippen molar-refractivity contribution < 1.29 is 9.08 Å². The van der Waals surface area contributed by atoms with Gasteiger partial charge in [0.15, 0.2) is 5.69 Å². The third-order valence-electron chi connectivity index (χ3n) is 0.994. The summed E-state index contributed by atoms with van der Waals surface area (Å²) in [4.78, 5) is 14.3. The molecule has 0 N–H and O–H groups in total. The van der Waals surface area contributed by atoms with Crippen molar-refractivity contribution in [2.75, 3.05) is 0 Å². The number of pyridine rings is 1. The van der Waals surface area contributed by atoms with E-state index in [0.717, 1.165) is 0 Å². The molecule has 0 aromatic carbocycles. The smallest absolute Gasteiger partial charge is 0.342 e. The molecule has 0 saturated heterocycles. The van der Waals surface area contributed by atoms with E-state index < -0.39 is 5.97 Å². The van der Waals surface area contributed by atoms with E-state index in [1.165, 1.54) is 6.07 Å². The Balaban J connectivity index is 2.96. The molecule has 0 amide bonds. The van der Waals surface area contributed by atoms with E-state index in [1.807, 2.05) is 0 Å². The van der Waals surface area contributed by atoms with Gasteiger partial charge in [-0.25, -0.2) is 9.78 Å². The summed E-state index contributed by atoms with van der Waals surface area (Å²) < 4.78 is 3.90. The molecule has 0 unspecified atom stereocenters. The number of aromatic nitrogens is 1. The van der Waals surface area contributed by atoms with E-state index in [1.54, 1.807) is 12.1 Å². The summed E-state index contributed by atoms with van der Waals surface area (Å²) in [6.07, 6.45) is 0. The summed E-state index contributed by atoms with van der Waals surface area (Å²) in [6, 6.07) is 4.58. The molecule has 11 heavy (non-hydrogen) atoms. The maximum absolute atomic E-state index is 10.7. The first-order valence-electron chi connectivity index (χ1n) is 2.69. The SMILES string of the molecule is O=C(OCl)c1cccc(Cl)n1. The van der Waals surface area contributed by atoms with E-state index in [0.29, 0.717) is 0 Å². The van der Waals surface area contributed by atoms with Gasteiger partial charge in [0, 0.05) is 0 Å². The summed E-state index contributed by atoms with van der Waals surface area (Å²) in [5.74, 6) is -0.714. The molecular weight excluding hydrogens is 189 g/mol. The van der Waals surface area contributed by atoms with Crippen LogP contribution in [0.25, 0.3) is 0 Å². The van der Waals surface area contributed by atoms with E-state index in [-0.39, 0.29) is 10.8 Å². The largest absolute Gasteiger partial charge is 0.375 e. The minimum Gasteiger partial charge on any atom is -0.342 e. The van der Waals surface area contributed by atoms with E-state index in [4.69, 9.17) is 23.5 Å². The van der Waals surface area contributed by atoms with Crippen molar-refractivity contribution >= 4 is 29.4 Å². The molecule has 0 aliphatic rings. The van der Waals surface area contributed by atoms with Crippen LogP contribution >= 0.6 is 23.5 Å². The highest BCUT2D eigenvalue weighted by Crippen LogP contribution is 2.06. The molecule has 0 fully saturated rings. The Labute approximate surface area is 73.1 Å². The van der Waals surface area contributed by atoms with Gasteiger partial charge in [-0.15, -0.1) is 0 Å². The molecular formula is C6H3Cl2NO2. The fourth-order valence-corrected chi connectivity index (χ4v) is 0.804. The Morgan fingerprint density at radius 2 is 2.27 bits per heavy atom. The van der Waals surface area contributed by atoms with Crippen LogP contribution < -0.4 is 0 Å². The first kappa shape index (κ1) is 8.30. The Morgan fingerprint density at radius 1 is 1.55 bits per heavy atom. The van der Waals surface area contributed by atoms with Crippen LogP contribution in [0.1, 0.15) is 10.5 Å². The number of nitrogens with zero attached hydrogens (tertiary/aromatic N) is 1. The topological polar surface area (TPSA) is 39.2 Å². The molecule has 0 spiro atoms. The average molecular weight is 192 g/mol. The van der Waals surface area contributed by atoms with Gasteiger partial charge >= 0.3 is 5.97 Å². The quantitative estimate of drug-likeness (QED) is 0.639. The molecule has 0 atom stereocenters. The van der Waals surface area contributed by atoms with Crippen LogP contribution in [0.2, 0.25) is 5.15 Å². The fraction of sp³-hybridized carbons (Fsp3) is 0. The summed E-state index contributed by atoms with van der Waals surface area (Å²) in [5.41, 5.74) is 0.0903. The van der Waals surface area contributed by atoms with Crippen molar-refractivity contribution in [1.29, 1.82) is 0 Å². The molecule has 3 nitrogen and oxygen atoms in total. The summed E-state index contributed by atoms with van der Waals surface area (Å²) in [6.45, 7) is 0. The molecule has 1 aromatic rings. The lowest BCUT2D eigenvalue weighted by atomic mass is 10.4. The predicted molar refractivity (Wildman–Crippen MR) is 40.5 cm³/mol. The van der Waals surface area contributed by atoms with Crippen LogP contribution in [0, 0.1) is 0 Å². The Kier molecular flexibility index (Phi) is 2.68. The van der Waals surface area contributed by atoms with E-state index in [9.17, 15) is 4.79 Å². The molecule has 1 aromatic heterocycles. The Bertz CT molecular complexity index is 277. The minimum atomic E-state index is -0.714. The van der Waals surface area contributed by atoms with Crippen molar-refractivity contribution in [2.45, 2.75) is 0 Å². The number of hydrogen-bond donors (Lipinski definition) is 0. The van der Waals surface area contributed by atoms with Crippen molar-refractivity contribution in [1.82, 2.24) is 4.98 Å². The molecule has 0 bridgehead atoms. The van der Waals surface area contributed by atoms with Gasteiger partial charge in [0.05, 0.1) is 0 Å². The van der Waals surface area contributed by atoms with Crippen LogP contribution in [0.5, 0.6) is 0 Å². The van der Waals surface area contributed by atoms with Crippen molar-refractivity contribution in [3.63, 3.8) is 0 Å². The molecule has 0 radical (unpaired) electrons. The average Bonchev–Trinajstić information content (AvgIpc) is 2.03. The molecule has 0 aliphatic heterocycles. The van der Waals surface area contributed by atoms with Gasteiger partial charge in [-0.2, -0.15) is 0 Å². The Morgan fingerprint density at radius 3 is 2.82 bits per heavy atom. The second kappa shape index (κ2) is 3.55. The molecule has 1 rings (SSSR count). The minimum absolute atomic E-state index is 0.0903. The second-order valence-corrected chi connectivity index (χ2v) is 2.25. The van der Waals surface area contributed by atoms with Gasteiger partial charge in [-0.1, -0.05) is 17.7 Å². The van der Waals surface area contributed by atoms with Gasteiger partial charge < -0.3 is 4.29 Å². The number of rotatable bonds is 1. The zero-order valence-electron chi connectivity index (χ0n) is 5.25. The third-order valence-corrected chi connectivity index (χ3v) is 1.34. The van der Waals surface area contributed by atoms with Gasteiger partial charge in [0.25, 0.3) is 0 Å². The zero-order chi connectivity index (χ0) is 8.27. The van der Waals surface area contributed by atoms with Gasteiger partial charge in [-0.3, -0.25) is 0 Å². The van der Waals surface area contributed by atoms with Crippen LogP contribution in [-0.4, -0.2) is 11.0 Å². The predicted octanol–water partition coefficient (Wildman–Crippen LogP) is 2.05. The van der Waals surface area contributed by atoms with E-state index in [2.05, 4.69) is 9.27 Å². The summed E-state index contributed by atoms with van der Waals surface area (Å²) >= 11 is 10.3. The molecule has 0 aliphatic carbocycles. The second-order valence-electron chi connectivity index (χ2n) is 1.71. The van der Waals surface area contributed by atoms with Crippen LogP contribution in [0.15, 0.2) is 18.2 Å². The normalized spacial score (nSPS) is 9.27. The van der Waals surface area contributed by atoms with E-state index >= 15 is 0 Å². The highest BCUT2D eigenvalue weighted by atomic mass is 35.5. The van der Waals surface area contributed by atoms with Crippen LogP contribution in [0.3, 0.4) is 0 Å². The van der Waals surface area contributed by atoms with Gasteiger partial charge in [0.1, 0.15) is 17.0 Å². The fourth-order valence-electron chi connectivity index (χ4n) is 0.561. The lowest BCUT2D eigenvalue weighted by molar-refractivity contribution is 0.0745. The van der Waals surface area contributed by atoms with Gasteiger partial charge in [-0.05, 0) is 12.1 Å².